The Labute approximate surface area is 238 Å². The molecule has 218 valence electrons. The van der Waals surface area contributed by atoms with Gasteiger partial charge in [-0.25, -0.2) is 24.6 Å². The van der Waals surface area contributed by atoms with Gasteiger partial charge in [0, 0.05) is 44.8 Å². The third-order valence-corrected chi connectivity index (χ3v) is 7.53. The van der Waals surface area contributed by atoms with Gasteiger partial charge in [-0.05, 0) is 50.8 Å². The first-order valence-electron chi connectivity index (χ1n) is 14.3. The molecule has 3 aliphatic rings. The average molecular weight is 565 g/mol. The van der Waals surface area contributed by atoms with Crippen LogP contribution in [0.2, 0.25) is 0 Å². The van der Waals surface area contributed by atoms with E-state index in [-0.39, 0.29) is 11.4 Å². The van der Waals surface area contributed by atoms with E-state index in [2.05, 4.69) is 35.6 Å². The number of nitrogens with one attached hydrogen (secondary N) is 2. The maximum Gasteiger partial charge on any atom is 0.349 e. The van der Waals surface area contributed by atoms with Gasteiger partial charge in [0.1, 0.15) is 17.0 Å². The minimum Gasteiger partial charge on any atom is -0.368 e. The summed E-state index contributed by atoms with van der Waals surface area (Å²) in [5.41, 5.74) is 5.27. The van der Waals surface area contributed by atoms with Crippen LogP contribution in [0.25, 0.3) is 10.9 Å². The SMILES string of the molecule is CC.CCn1c2c3c(cc(CN4CCN(c5ccc(C(=O)NOCC6CC6)nc5C)CC4)c(F)c3nc1=O)NC=N2. The number of aliphatic imine (C=N–C) groups is 1. The van der Waals surface area contributed by atoms with E-state index in [1.807, 2.05) is 33.8 Å². The van der Waals surface area contributed by atoms with Gasteiger partial charge in [-0.3, -0.25) is 19.1 Å². The highest BCUT2D eigenvalue weighted by Gasteiger charge is 2.25. The Hall–Kier alpha value is -3.90. The molecule has 0 unspecified atom stereocenters. The van der Waals surface area contributed by atoms with Gasteiger partial charge in [0.05, 0.1) is 35.4 Å². The van der Waals surface area contributed by atoms with Crippen molar-refractivity contribution in [1.29, 1.82) is 0 Å². The van der Waals surface area contributed by atoms with Crippen LogP contribution in [-0.4, -0.2) is 64.5 Å². The van der Waals surface area contributed by atoms with E-state index in [9.17, 15) is 9.59 Å². The number of halogens is 1. The molecule has 4 heterocycles. The summed E-state index contributed by atoms with van der Waals surface area (Å²) in [6.07, 6.45) is 3.83. The summed E-state index contributed by atoms with van der Waals surface area (Å²) in [7, 11) is 0. The number of carbonyl (C=O) groups excluding carboxylic acids is 1. The van der Waals surface area contributed by atoms with E-state index in [0.29, 0.717) is 66.9 Å². The maximum atomic E-state index is 15.6. The molecule has 3 aromatic rings. The van der Waals surface area contributed by atoms with Crippen molar-refractivity contribution in [3.05, 3.63) is 51.5 Å². The number of aromatic nitrogens is 3. The number of benzene rings is 1. The van der Waals surface area contributed by atoms with Gasteiger partial charge in [-0.15, -0.1) is 0 Å². The summed E-state index contributed by atoms with van der Waals surface area (Å²) in [5, 5.41) is 3.61. The molecule has 1 aliphatic carbocycles. The number of aryl methyl sites for hydroxylation is 1. The van der Waals surface area contributed by atoms with Gasteiger partial charge in [-0.1, -0.05) is 13.8 Å². The van der Waals surface area contributed by atoms with Crippen molar-refractivity contribution in [2.45, 2.75) is 53.6 Å². The second-order valence-electron chi connectivity index (χ2n) is 10.2. The zero-order valence-corrected chi connectivity index (χ0v) is 24.0. The Morgan fingerprint density at radius 2 is 1.93 bits per heavy atom. The number of anilines is 2. The van der Waals surface area contributed by atoms with Crippen LogP contribution in [0.1, 0.15) is 55.4 Å². The van der Waals surface area contributed by atoms with Crippen LogP contribution in [0.3, 0.4) is 0 Å². The molecule has 1 saturated carbocycles. The molecule has 12 heteroatoms. The molecular weight excluding hydrogens is 527 g/mol. The first kappa shape index (κ1) is 28.6. The van der Waals surface area contributed by atoms with Crippen molar-refractivity contribution in [1.82, 2.24) is 24.9 Å². The number of hydrogen-bond donors (Lipinski definition) is 2. The van der Waals surface area contributed by atoms with Crippen molar-refractivity contribution in [2.75, 3.05) is 43.0 Å². The van der Waals surface area contributed by atoms with E-state index < -0.39 is 11.5 Å². The lowest BCUT2D eigenvalue weighted by Crippen LogP contribution is -2.46. The summed E-state index contributed by atoms with van der Waals surface area (Å²) in [6, 6.07) is 5.42. The van der Waals surface area contributed by atoms with E-state index in [1.165, 1.54) is 10.9 Å². The van der Waals surface area contributed by atoms with Crippen molar-refractivity contribution in [3.8, 4) is 0 Å². The van der Waals surface area contributed by atoms with Gasteiger partial charge in [0.25, 0.3) is 5.91 Å². The molecule has 2 N–H and O–H groups in total. The van der Waals surface area contributed by atoms with Gasteiger partial charge < -0.3 is 10.2 Å². The molecule has 1 saturated heterocycles. The fourth-order valence-corrected chi connectivity index (χ4v) is 5.19. The zero-order chi connectivity index (χ0) is 29.1. The van der Waals surface area contributed by atoms with Crippen LogP contribution in [0, 0.1) is 18.7 Å². The summed E-state index contributed by atoms with van der Waals surface area (Å²) in [6.45, 7) is 12.0. The van der Waals surface area contributed by atoms with E-state index in [1.54, 1.807) is 12.1 Å². The summed E-state index contributed by atoms with van der Waals surface area (Å²) in [5.74, 6) is 0.161. The fraction of sp³-hybridized carbons (Fsp3) is 0.483. The number of hydroxylamine groups is 1. The predicted molar refractivity (Wildman–Crippen MR) is 157 cm³/mol. The number of rotatable bonds is 8. The maximum absolute atomic E-state index is 15.6. The molecule has 41 heavy (non-hydrogen) atoms. The Kier molecular flexibility index (Phi) is 8.60. The molecule has 1 aromatic carbocycles. The monoisotopic (exact) mass is 564 g/mol. The molecule has 0 radical (unpaired) electrons. The Morgan fingerprint density at radius 3 is 2.61 bits per heavy atom. The number of pyridine rings is 1. The third-order valence-electron chi connectivity index (χ3n) is 7.53. The summed E-state index contributed by atoms with van der Waals surface area (Å²) >= 11 is 0. The quantitative estimate of drug-likeness (QED) is 0.397. The number of piperazine rings is 1. The minimum absolute atomic E-state index is 0.0546. The highest BCUT2D eigenvalue weighted by atomic mass is 19.1. The van der Waals surface area contributed by atoms with Crippen LogP contribution in [0.5, 0.6) is 0 Å². The van der Waals surface area contributed by atoms with E-state index in [4.69, 9.17) is 4.84 Å². The minimum atomic E-state index is -0.507. The number of amides is 1. The van der Waals surface area contributed by atoms with Crippen LogP contribution in [-0.2, 0) is 17.9 Å². The predicted octanol–water partition coefficient (Wildman–Crippen LogP) is 3.76. The molecule has 0 atom stereocenters. The number of nitrogens with zero attached hydrogens (tertiary/aromatic N) is 6. The molecule has 2 aromatic heterocycles. The van der Waals surface area contributed by atoms with E-state index in [0.717, 1.165) is 37.3 Å². The van der Waals surface area contributed by atoms with Gasteiger partial charge in [-0.2, -0.15) is 4.98 Å². The normalized spacial score (nSPS) is 16.3. The topological polar surface area (TPSA) is 117 Å². The van der Waals surface area contributed by atoms with Gasteiger partial charge in [0.2, 0.25) is 0 Å². The standard InChI is InChI=1S/C27H31FN8O3.C2H6/c1-3-36-25-22-20(29-15-30-25)12-18(23(28)24(22)32-27(36)38)13-34-8-10-35(11-9-34)21-7-6-19(31-16(21)2)26(37)33-39-14-17-4-5-17;1-2/h6-7,12,15,17H,3-5,8-11,13-14H2,1-2H3,(H,29,30)(H,33,37);1-2H3. The highest BCUT2D eigenvalue weighted by molar-refractivity contribution is 6.06. The first-order valence-corrected chi connectivity index (χ1v) is 14.3. The lowest BCUT2D eigenvalue weighted by atomic mass is 10.1. The second kappa shape index (κ2) is 12.3. The van der Waals surface area contributed by atoms with Crippen LogP contribution in [0.15, 0.2) is 28.0 Å². The van der Waals surface area contributed by atoms with Crippen LogP contribution < -0.4 is 21.4 Å². The lowest BCUT2D eigenvalue weighted by Gasteiger charge is -2.36. The third kappa shape index (κ3) is 5.94. The molecule has 1 amide bonds. The molecule has 0 spiro atoms. The second-order valence-corrected chi connectivity index (χ2v) is 10.2. The van der Waals surface area contributed by atoms with Crippen molar-refractivity contribution >= 4 is 40.3 Å². The molecule has 6 rings (SSSR count). The Balaban J connectivity index is 0.00000165. The number of carbonyl (C=O) groups is 1. The molecule has 11 nitrogen and oxygen atoms in total. The van der Waals surface area contributed by atoms with Crippen molar-refractivity contribution < 1.29 is 14.0 Å². The van der Waals surface area contributed by atoms with Crippen molar-refractivity contribution in [3.63, 3.8) is 0 Å². The Bertz CT molecular complexity index is 1530. The largest absolute Gasteiger partial charge is 0.368 e. The van der Waals surface area contributed by atoms with Crippen molar-refractivity contribution in [2.24, 2.45) is 10.9 Å². The Morgan fingerprint density at radius 1 is 1.17 bits per heavy atom. The zero-order valence-electron chi connectivity index (χ0n) is 24.0. The number of hydrogen-bond acceptors (Lipinski definition) is 9. The van der Waals surface area contributed by atoms with Gasteiger partial charge in [0.15, 0.2) is 5.82 Å². The van der Waals surface area contributed by atoms with Crippen LogP contribution >= 0.6 is 0 Å². The first-order chi connectivity index (χ1) is 19.9. The molecule has 0 bridgehead atoms. The van der Waals surface area contributed by atoms with Gasteiger partial charge >= 0.3 is 5.69 Å². The average Bonchev–Trinajstić information content (AvgIpc) is 3.81. The molecular formula is C29H37FN8O3. The lowest BCUT2D eigenvalue weighted by molar-refractivity contribution is 0.0266. The summed E-state index contributed by atoms with van der Waals surface area (Å²) < 4.78 is 17.0. The van der Waals surface area contributed by atoms with E-state index >= 15 is 4.39 Å². The molecule has 2 aliphatic heterocycles. The van der Waals surface area contributed by atoms with Crippen LogP contribution in [0.4, 0.5) is 21.6 Å². The fourth-order valence-electron chi connectivity index (χ4n) is 5.19. The smallest absolute Gasteiger partial charge is 0.349 e. The molecule has 2 fully saturated rings. The summed E-state index contributed by atoms with van der Waals surface area (Å²) in [4.78, 5) is 47.4. The highest BCUT2D eigenvalue weighted by Crippen LogP contribution is 2.36.